The fourth-order valence-electron chi connectivity index (χ4n) is 2.86. The zero-order valence-electron chi connectivity index (χ0n) is 11.0. The van der Waals surface area contributed by atoms with Crippen LogP contribution >= 0.6 is 11.6 Å². The number of halogens is 1. The summed E-state index contributed by atoms with van der Waals surface area (Å²) in [6.07, 6.45) is 4.78. The summed E-state index contributed by atoms with van der Waals surface area (Å²) in [5.41, 5.74) is 0. The van der Waals surface area contributed by atoms with Crippen molar-refractivity contribution in [3.8, 4) is 0 Å². The van der Waals surface area contributed by atoms with E-state index in [1.165, 1.54) is 19.3 Å². The van der Waals surface area contributed by atoms with E-state index in [0.29, 0.717) is 19.1 Å². The first-order valence-electron chi connectivity index (χ1n) is 6.84. The van der Waals surface area contributed by atoms with Crippen molar-refractivity contribution >= 4 is 21.6 Å². The van der Waals surface area contributed by atoms with E-state index < -0.39 is 15.3 Å². The molecule has 0 aliphatic carbocycles. The summed E-state index contributed by atoms with van der Waals surface area (Å²) in [6.45, 7) is 5.26. The Hall–Kier alpha value is 0.160. The Kier molecular flexibility index (Phi) is 4.92. The second-order valence-electron chi connectivity index (χ2n) is 5.41. The second kappa shape index (κ2) is 6.07. The molecule has 2 aliphatic heterocycles. The van der Waals surface area contributed by atoms with Crippen LogP contribution < -0.4 is 0 Å². The van der Waals surface area contributed by atoms with E-state index in [0.717, 1.165) is 19.5 Å². The maximum atomic E-state index is 12.2. The van der Waals surface area contributed by atoms with Gasteiger partial charge in [-0.25, -0.2) is 12.7 Å². The minimum atomic E-state index is -3.19. The van der Waals surface area contributed by atoms with Crippen molar-refractivity contribution in [1.82, 2.24) is 9.21 Å². The van der Waals surface area contributed by atoms with Crippen molar-refractivity contribution < 1.29 is 8.42 Å². The van der Waals surface area contributed by atoms with Gasteiger partial charge in [0.2, 0.25) is 10.0 Å². The molecule has 18 heavy (non-hydrogen) atoms. The normalized spacial score (nSPS) is 29.6. The Bertz CT molecular complexity index is 368. The number of rotatable bonds is 4. The van der Waals surface area contributed by atoms with Crippen LogP contribution in [0.2, 0.25) is 0 Å². The standard InChI is InChI=1S/C12H23ClN2O2S/c1-11(9-13)18(16,17)15-8-5-12(10-15)14-6-3-2-4-7-14/h11-12H,2-10H2,1H3. The van der Waals surface area contributed by atoms with Crippen LogP contribution in [0.4, 0.5) is 0 Å². The van der Waals surface area contributed by atoms with Crippen molar-refractivity contribution in [3.05, 3.63) is 0 Å². The topological polar surface area (TPSA) is 40.6 Å². The summed E-state index contributed by atoms with van der Waals surface area (Å²) in [5.74, 6) is 0.174. The smallest absolute Gasteiger partial charge is 0.217 e. The van der Waals surface area contributed by atoms with Crippen LogP contribution in [-0.2, 0) is 10.0 Å². The zero-order chi connectivity index (χ0) is 13.2. The van der Waals surface area contributed by atoms with E-state index in [2.05, 4.69) is 4.90 Å². The van der Waals surface area contributed by atoms with Gasteiger partial charge in [-0.2, -0.15) is 0 Å². The third-order valence-corrected chi connectivity index (χ3v) is 7.00. The number of hydrogen-bond acceptors (Lipinski definition) is 3. The van der Waals surface area contributed by atoms with Gasteiger partial charge in [0.15, 0.2) is 0 Å². The molecular weight excluding hydrogens is 272 g/mol. The first-order valence-corrected chi connectivity index (χ1v) is 8.88. The van der Waals surface area contributed by atoms with Crippen molar-refractivity contribution in [2.24, 2.45) is 0 Å². The van der Waals surface area contributed by atoms with Gasteiger partial charge >= 0.3 is 0 Å². The van der Waals surface area contributed by atoms with Crippen LogP contribution in [0.3, 0.4) is 0 Å². The lowest BCUT2D eigenvalue weighted by Crippen LogP contribution is -2.43. The van der Waals surface area contributed by atoms with Gasteiger partial charge in [-0.05, 0) is 39.3 Å². The van der Waals surface area contributed by atoms with Gasteiger partial charge in [-0.3, -0.25) is 4.90 Å². The Morgan fingerprint density at radius 3 is 2.50 bits per heavy atom. The number of likely N-dealkylation sites (tertiary alicyclic amines) is 1. The van der Waals surface area contributed by atoms with Crippen LogP contribution in [-0.4, -0.2) is 61.0 Å². The summed E-state index contributed by atoms with van der Waals surface area (Å²) in [5, 5.41) is -0.473. The monoisotopic (exact) mass is 294 g/mol. The van der Waals surface area contributed by atoms with Gasteiger partial charge in [0.1, 0.15) is 0 Å². The largest absolute Gasteiger partial charge is 0.299 e. The molecule has 0 aromatic heterocycles. The lowest BCUT2D eigenvalue weighted by atomic mass is 10.1. The number of sulfonamides is 1. The average molecular weight is 295 g/mol. The molecule has 0 aromatic rings. The summed E-state index contributed by atoms with van der Waals surface area (Å²) in [4.78, 5) is 2.46. The Balaban J connectivity index is 1.95. The van der Waals surface area contributed by atoms with E-state index in [1.54, 1.807) is 11.2 Å². The predicted octanol–water partition coefficient (Wildman–Crippen LogP) is 1.50. The van der Waals surface area contributed by atoms with E-state index in [-0.39, 0.29) is 5.88 Å². The number of nitrogens with zero attached hydrogens (tertiary/aromatic N) is 2. The minimum absolute atomic E-state index is 0.174. The first-order chi connectivity index (χ1) is 8.55. The van der Waals surface area contributed by atoms with Crippen molar-refractivity contribution in [2.75, 3.05) is 32.1 Å². The third-order valence-electron chi connectivity index (χ3n) is 4.12. The van der Waals surface area contributed by atoms with E-state index >= 15 is 0 Å². The molecule has 0 N–H and O–H groups in total. The highest BCUT2D eigenvalue weighted by Gasteiger charge is 2.36. The first kappa shape index (κ1) is 14.6. The van der Waals surface area contributed by atoms with E-state index in [4.69, 9.17) is 11.6 Å². The molecule has 0 spiro atoms. The molecular formula is C12H23ClN2O2S. The quantitative estimate of drug-likeness (QED) is 0.738. The Morgan fingerprint density at radius 1 is 1.22 bits per heavy atom. The second-order valence-corrected chi connectivity index (χ2v) is 8.07. The van der Waals surface area contributed by atoms with Gasteiger partial charge in [0.25, 0.3) is 0 Å². The molecule has 0 bridgehead atoms. The van der Waals surface area contributed by atoms with Gasteiger partial charge in [-0.15, -0.1) is 11.6 Å². The summed E-state index contributed by atoms with van der Waals surface area (Å²) in [6, 6.07) is 0.419. The molecule has 4 nitrogen and oxygen atoms in total. The molecule has 0 saturated carbocycles. The SMILES string of the molecule is CC(CCl)S(=O)(=O)N1CCC(N2CCCCC2)C1. The van der Waals surface area contributed by atoms with Gasteiger partial charge in [0, 0.05) is 25.0 Å². The van der Waals surface area contributed by atoms with E-state index in [9.17, 15) is 8.42 Å². The number of hydrogen-bond donors (Lipinski definition) is 0. The van der Waals surface area contributed by atoms with Crippen molar-refractivity contribution in [3.63, 3.8) is 0 Å². The zero-order valence-corrected chi connectivity index (χ0v) is 12.6. The van der Waals surface area contributed by atoms with Crippen molar-refractivity contribution in [2.45, 2.75) is 43.9 Å². The Morgan fingerprint density at radius 2 is 1.89 bits per heavy atom. The lowest BCUT2D eigenvalue weighted by Gasteiger charge is -2.32. The summed E-state index contributed by atoms with van der Waals surface area (Å²) in [7, 11) is -3.19. The number of piperidine rings is 1. The van der Waals surface area contributed by atoms with Crippen molar-refractivity contribution in [1.29, 1.82) is 0 Å². The van der Waals surface area contributed by atoms with E-state index in [1.807, 2.05) is 0 Å². The predicted molar refractivity (Wildman–Crippen MR) is 74.5 cm³/mol. The molecule has 2 fully saturated rings. The van der Waals surface area contributed by atoms with Crippen LogP contribution in [0.1, 0.15) is 32.6 Å². The van der Waals surface area contributed by atoms with Gasteiger partial charge < -0.3 is 0 Å². The molecule has 6 heteroatoms. The fraction of sp³-hybridized carbons (Fsp3) is 1.00. The van der Waals surface area contributed by atoms with Crippen LogP contribution in [0.5, 0.6) is 0 Å². The number of alkyl halides is 1. The highest BCUT2D eigenvalue weighted by molar-refractivity contribution is 7.89. The highest BCUT2D eigenvalue weighted by Crippen LogP contribution is 2.23. The summed E-state index contributed by atoms with van der Waals surface area (Å²) >= 11 is 5.68. The fourth-order valence-corrected chi connectivity index (χ4v) is 4.74. The molecule has 2 heterocycles. The van der Waals surface area contributed by atoms with Crippen LogP contribution in [0.15, 0.2) is 0 Å². The molecule has 2 saturated heterocycles. The lowest BCUT2D eigenvalue weighted by molar-refractivity contribution is 0.169. The molecule has 106 valence electrons. The highest BCUT2D eigenvalue weighted by atomic mass is 35.5. The summed E-state index contributed by atoms with van der Waals surface area (Å²) < 4.78 is 26.1. The molecule has 0 amide bonds. The molecule has 2 aliphatic rings. The maximum absolute atomic E-state index is 12.2. The van der Waals surface area contributed by atoms with Gasteiger partial charge in [0.05, 0.1) is 5.25 Å². The molecule has 2 unspecified atom stereocenters. The molecule has 2 rings (SSSR count). The molecule has 0 radical (unpaired) electrons. The molecule has 2 atom stereocenters. The van der Waals surface area contributed by atoms with Crippen LogP contribution in [0.25, 0.3) is 0 Å². The Labute approximate surface area is 115 Å². The van der Waals surface area contributed by atoms with Gasteiger partial charge in [-0.1, -0.05) is 6.42 Å². The maximum Gasteiger partial charge on any atom is 0.217 e. The molecule has 0 aromatic carbocycles. The minimum Gasteiger partial charge on any atom is -0.299 e. The third kappa shape index (κ3) is 3.00. The average Bonchev–Trinajstić information content (AvgIpc) is 2.89. The van der Waals surface area contributed by atoms with Crippen LogP contribution in [0, 0.1) is 0 Å².